The van der Waals surface area contributed by atoms with Gasteiger partial charge in [0, 0.05) is 25.4 Å². The molecule has 1 saturated carbocycles. The molecular weight excluding hydrogens is 452 g/mol. The van der Waals surface area contributed by atoms with E-state index >= 15 is 0 Å². The Morgan fingerprint density at radius 2 is 2.00 bits per heavy atom. The van der Waals surface area contributed by atoms with Crippen molar-refractivity contribution in [2.75, 3.05) is 25.6 Å². The lowest BCUT2D eigenvalue weighted by Crippen LogP contribution is -2.30. The largest absolute Gasteiger partial charge is 0.380 e. The molecule has 0 amide bonds. The van der Waals surface area contributed by atoms with Crippen molar-refractivity contribution in [3.63, 3.8) is 0 Å². The molecule has 0 aliphatic heterocycles. The first-order chi connectivity index (χ1) is 15.2. The lowest BCUT2D eigenvalue weighted by atomic mass is 9.90. The van der Waals surface area contributed by atoms with E-state index in [-0.39, 0.29) is 21.9 Å². The Morgan fingerprint density at radius 3 is 2.62 bits per heavy atom. The van der Waals surface area contributed by atoms with Gasteiger partial charge in [-0.25, -0.2) is 8.42 Å². The van der Waals surface area contributed by atoms with Crippen LogP contribution in [0.4, 0.5) is 5.69 Å². The molecule has 3 rings (SSSR count). The van der Waals surface area contributed by atoms with Crippen molar-refractivity contribution in [2.45, 2.75) is 69.9 Å². The molecule has 178 valence electrons. The monoisotopic (exact) mass is 484 g/mol. The maximum Gasteiger partial charge on any atom is 0.245 e. The summed E-state index contributed by atoms with van der Waals surface area (Å²) < 4.78 is 38.4. The summed E-state index contributed by atoms with van der Waals surface area (Å²) in [5, 5.41) is 7.20. The zero-order valence-corrected chi connectivity index (χ0v) is 20.7. The van der Waals surface area contributed by atoms with Gasteiger partial charge < -0.3 is 14.6 Å². The highest BCUT2D eigenvalue weighted by atomic mass is 35.5. The van der Waals surface area contributed by atoms with Crippen LogP contribution in [0.3, 0.4) is 0 Å². The van der Waals surface area contributed by atoms with Crippen LogP contribution in [0.15, 0.2) is 27.6 Å². The van der Waals surface area contributed by atoms with E-state index < -0.39 is 16.1 Å². The highest BCUT2D eigenvalue weighted by Gasteiger charge is 2.31. The minimum Gasteiger partial charge on any atom is -0.380 e. The van der Waals surface area contributed by atoms with Crippen molar-refractivity contribution in [1.82, 2.24) is 14.4 Å². The molecule has 1 heterocycles. The van der Waals surface area contributed by atoms with Crippen molar-refractivity contribution in [1.29, 1.82) is 0 Å². The number of aromatic nitrogens is 2. The van der Waals surface area contributed by atoms with Gasteiger partial charge in [-0.3, -0.25) is 0 Å². The van der Waals surface area contributed by atoms with E-state index in [4.69, 9.17) is 20.9 Å². The molecule has 32 heavy (non-hydrogen) atoms. The van der Waals surface area contributed by atoms with Crippen molar-refractivity contribution < 1.29 is 17.7 Å². The van der Waals surface area contributed by atoms with E-state index in [1.807, 2.05) is 6.92 Å². The minimum atomic E-state index is -3.86. The number of hydrogen-bond donors (Lipinski definition) is 1. The Kier molecular flexibility index (Phi) is 8.55. The van der Waals surface area contributed by atoms with Gasteiger partial charge in [0.15, 0.2) is 5.82 Å². The molecule has 8 nitrogen and oxygen atoms in total. The highest BCUT2D eigenvalue weighted by Crippen LogP contribution is 2.31. The summed E-state index contributed by atoms with van der Waals surface area (Å²) in [6.45, 7) is 6.77. The second-order valence-corrected chi connectivity index (χ2v) is 11.0. The molecule has 10 heteroatoms. The second-order valence-electron chi connectivity index (χ2n) is 8.61. The number of sulfonamides is 1. The van der Waals surface area contributed by atoms with E-state index in [9.17, 15) is 8.42 Å². The zero-order chi connectivity index (χ0) is 23.3. The number of aryl methyl sites for hydroxylation is 1. The molecule has 0 saturated heterocycles. The first kappa shape index (κ1) is 25.0. The standard InChI is InChI=1S/C22H33ClN4O4S/c1-15(13-30-14-18-8-6-5-7-9-18)24-19-10-11-21(20(23)12-19)32(28,29)27(4)16(2)22-25-17(3)26-31-22/h10-12,15-16,18,24H,5-9,13-14H2,1-4H3. The topological polar surface area (TPSA) is 97.6 Å². The molecule has 2 unspecified atom stereocenters. The lowest BCUT2D eigenvalue weighted by molar-refractivity contribution is 0.0812. The summed E-state index contributed by atoms with van der Waals surface area (Å²) in [6, 6.07) is 4.29. The molecule has 1 aliphatic carbocycles. The Balaban J connectivity index is 1.59. The summed E-state index contributed by atoms with van der Waals surface area (Å²) in [4.78, 5) is 4.15. The summed E-state index contributed by atoms with van der Waals surface area (Å²) in [6.07, 6.45) is 6.46. The quantitative estimate of drug-likeness (QED) is 0.516. The molecule has 0 bridgehead atoms. The maximum atomic E-state index is 13.1. The number of nitrogens with zero attached hydrogens (tertiary/aromatic N) is 3. The smallest absolute Gasteiger partial charge is 0.245 e. The fourth-order valence-electron chi connectivity index (χ4n) is 3.89. The van der Waals surface area contributed by atoms with Crippen molar-refractivity contribution in [3.8, 4) is 0 Å². The van der Waals surface area contributed by atoms with Gasteiger partial charge in [0.05, 0.1) is 11.6 Å². The van der Waals surface area contributed by atoms with Crippen LogP contribution in [0, 0.1) is 12.8 Å². The predicted molar refractivity (Wildman–Crippen MR) is 124 cm³/mol. The summed E-state index contributed by atoms with van der Waals surface area (Å²) in [5.41, 5.74) is 0.742. The van der Waals surface area contributed by atoms with Crippen LogP contribution >= 0.6 is 11.6 Å². The summed E-state index contributed by atoms with van der Waals surface area (Å²) in [7, 11) is -2.39. The van der Waals surface area contributed by atoms with Gasteiger partial charge in [-0.1, -0.05) is 36.0 Å². The predicted octanol–water partition coefficient (Wildman–Crippen LogP) is 4.81. The van der Waals surface area contributed by atoms with Crippen LogP contribution in [-0.4, -0.2) is 49.2 Å². The van der Waals surface area contributed by atoms with Crippen LogP contribution < -0.4 is 5.32 Å². The molecule has 1 aromatic heterocycles. The molecule has 1 aliphatic rings. The van der Waals surface area contributed by atoms with Gasteiger partial charge in [0.25, 0.3) is 0 Å². The van der Waals surface area contributed by atoms with Gasteiger partial charge in [-0.05, 0) is 57.7 Å². The third-order valence-electron chi connectivity index (χ3n) is 5.89. The average molecular weight is 485 g/mol. The average Bonchev–Trinajstić information content (AvgIpc) is 3.19. The number of hydrogen-bond acceptors (Lipinski definition) is 7. The summed E-state index contributed by atoms with van der Waals surface area (Å²) >= 11 is 6.37. The van der Waals surface area contributed by atoms with Gasteiger partial charge >= 0.3 is 0 Å². The third kappa shape index (κ3) is 6.21. The normalized spacial score (nSPS) is 17.4. The van der Waals surface area contributed by atoms with Crippen molar-refractivity contribution in [2.24, 2.45) is 5.92 Å². The third-order valence-corrected chi connectivity index (χ3v) is 8.31. The van der Waals surface area contributed by atoms with E-state index in [1.54, 1.807) is 26.0 Å². The van der Waals surface area contributed by atoms with E-state index in [1.165, 1.54) is 49.5 Å². The molecule has 2 atom stereocenters. The molecule has 2 aromatic rings. The fraction of sp³-hybridized carbons (Fsp3) is 0.636. The number of rotatable bonds is 10. The number of halogens is 1. The molecule has 1 N–H and O–H groups in total. The van der Waals surface area contributed by atoms with Crippen LogP contribution in [-0.2, 0) is 14.8 Å². The Morgan fingerprint density at radius 1 is 1.28 bits per heavy atom. The van der Waals surface area contributed by atoms with Crippen LogP contribution in [0.25, 0.3) is 0 Å². The van der Waals surface area contributed by atoms with E-state index in [2.05, 4.69) is 15.5 Å². The van der Waals surface area contributed by atoms with Crippen molar-refractivity contribution >= 4 is 27.3 Å². The van der Waals surface area contributed by atoms with Crippen LogP contribution in [0.5, 0.6) is 0 Å². The molecular formula is C22H33ClN4O4S. The maximum absolute atomic E-state index is 13.1. The lowest BCUT2D eigenvalue weighted by Gasteiger charge is -2.23. The van der Waals surface area contributed by atoms with E-state index in [0.717, 1.165) is 12.3 Å². The molecule has 0 spiro atoms. The first-order valence-corrected chi connectivity index (χ1v) is 12.9. The first-order valence-electron chi connectivity index (χ1n) is 11.1. The van der Waals surface area contributed by atoms with E-state index in [0.29, 0.717) is 18.3 Å². The van der Waals surface area contributed by atoms with Crippen LogP contribution in [0.2, 0.25) is 5.02 Å². The summed E-state index contributed by atoms with van der Waals surface area (Å²) in [5.74, 6) is 1.35. The Bertz CT molecular complexity index is 992. The molecule has 1 aromatic carbocycles. The second kappa shape index (κ2) is 11.0. The highest BCUT2D eigenvalue weighted by molar-refractivity contribution is 7.89. The number of ether oxygens (including phenoxy) is 1. The minimum absolute atomic E-state index is 0.0245. The van der Waals surface area contributed by atoms with Crippen molar-refractivity contribution in [3.05, 3.63) is 34.9 Å². The zero-order valence-electron chi connectivity index (χ0n) is 19.2. The van der Waals surface area contributed by atoms with Crippen LogP contribution in [0.1, 0.15) is 63.7 Å². The Hall–Kier alpha value is -1.68. The van der Waals surface area contributed by atoms with Gasteiger partial charge in [-0.2, -0.15) is 9.29 Å². The van der Waals surface area contributed by atoms with Gasteiger partial charge in [-0.15, -0.1) is 0 Å². The van der Waals surface area contributed by atoms with Gasteiger partial charge in [0.1, 0.15) is 10.9 Å². The molecule has 1 fully saturated rings. The molecule has 0 radical (unpaired) electrons. The SMILES string of the molecule is Cc1noc(C(C)N(C)S(=O)(=O)c2ccc(NC(C)COCC3CCCCC3)cc2Cl)n1. The Labute approximate surface area is 195 Å². The number of benzene rings is 1. The number of anilines is 1. The number of nitrogens with one attached hydrogen (secondary N) is 1. The fourth-order valence-corrected chi connectivity index (χ4v) is 5.73. The van der Waals surface area contributed by atoms with Gasteiger partial charge in [0.2, 0.25) is 15.9 Å².